The molecule has 9 heteroatoms. The molecule has 0 saturated carbocycles. The van der Waals surface area contributed by atoms with Crippen molar-refractivity contribution in [2.75, 3.05) is 17.6 Å². The molecule has 26 heavy (non-hydrogen) atoms. The highest BCUT2D eigenvalue weighted by molar-refractivity contribution is 8.01. The average molecular weight is 429 g/mol. The molecule has 0 amide bonds. The van der Waals surface area contributed by atoms with E-state index in [9.17, 15) is 8.42 Å². The molecule has 0 radical (unpaired) electrons. The molecule has 0 aliphatic carbocycles. The fourth-order valence-corrected chi connectivity index (χ4v) is 5.68. The van der Waals surface area contributed by atoms with Crippen molar-refractivity contribution in [1.29, 1.82) is 0 Å². The number of fused-ring (bicyclic) bond motifs is 1. The van der Waals surface area contributed by atoms with Crippen molar-refractivity contribution in [2.45, 2.75) is 22.6 Å². The van der Waals surface area contributed by atoms with E-state index in [0.717, 1.165) is 26.7 Å². The smallest absolute Gasteiger partial charge is 0.261 e. The lowest BCUT2D eigenvalue weighted by Crippen LogP contribution is -2.12. The van der Waals surface area contributed by atoms with Crippen molar-refractivity contribution in [3.8, 4) is 5.75 Å². The van der Waals surface area contributed by atoms with E-state index in [1.807, 2.05) is 6.07 Å². The molecule has 3 aromatic rings. The quantitative estimate of drug-likeness (QED) is 0.519. The number of halogens is 1. The molecule has 0 bridgehead atoms. The van der Waals surface area contributed by atoms with E-state index in [2.05, 4.69) is 16.6 Å². The van der Waals surface area contributed by atoms with Gasteiger partial charge < -0.3 is 4.74 Å². The Bertz CT molecular complexity index is 1030. The first-order valence-electron chi connectivity index (χ1n) is 7.82. The fraction of sp³-hybridized carbons (Fsp3) is 0.235. The number of rotatable bonds is 7. The second-order valence-electron chi connectivity index (χ2n) is 5.41. The predicted octanol–water partition coefficient (Wildman–Crippen LogP) is 5.26. The summed E-state index contributed by atoms with van der Waals surface area (Å²) in [5.41, 5.74) is 1.35. The van der Waals surface area contributed by atoms with Gasteiger partial charge in [-0.3, -0.25) is 4.72 Å². The molecule has 0 aliphatic heterocycles. The summed E-state index contributed by atoms with van der Waals surface area (Å²) in [6.45, 7) is 2.12. The van der Waals surface area contributed by atoms with Crippen LogP contribution in [0.2, 0.25) is 5.02 Å². The lowest BCUT2D eigenvalue weighted by atomic mass is 10.3. The monoisotopic (exact) mass is 428 g/mol. The summed E-state index contributed by atoms with van der Waals surface area (Å²) in [5.74, 6) is 1.44. The minimum Gasteiger partial charge on any atom is -0.495 e. The topological polar surface area (TPSA) is 68.3 Å². The number of sulfonamides is 1. The van der Waals surface area contributed by atoms with Gasteiger partial charge in [0.25, 0.3) is 10.0 Å². The lowest BCUT2D eigenvalue weighted by molar-refractivity contribution is 0.414. The Balaban J connectivity index is 1.85. The average Bonchev–Trinajstić information content (AvgIpc) is 3.01. The highest BCUT2D eigenvalue weighted by atomic mass is 35.5. The van der Waals surface area contributed by atoms with Gasteiger partial charge in [0.05, 0.1) is 32.9 Å². The van der Waals surface area contributed by atoms with Crippen LogP contribution in [0.5, 0.6) is 5.75 Å². The van der Waals surface area contributed by atoms with Crippen LogP contribution in [0.3, 0.4) is 0 Å². The number of benzene rings is 2. The highest BCUT2D eigenvalue weighted by Gasteiger charge is 2.17. The summed E-state index contributed by atoms with van der Waals surface area (Å²) < 4.78 is 34.8. The van der Waals surface area contributed by atoms with Crippen molar-refractivity contribution in [2.24, 2.45) is 0 Å². The second-order valence-corrected chi connectivity index (χ2v) is 9.87. The van der Waals surface area contributed by atoms with Crippen molar-refractivity contribution in [3.05, 3.63) is 41.4 Å². The van der Waals surface area contributed by atoms with Gasteiger partial charge in [0.15, 0.2) is 4.34 Å². The Labute approximate surface area is 165 Å². The van der Waals surface area contributed by atoms with E-state index >= 15 is 0 Å². The Morgan fingerprint density at radius 2 is 2.08 bits per heavy atom. The Morgan fingerprint density at radius 1 is 1.27 bits per heavy atom. The van der Waals surface area contributed by atoms with Gasteiger partial charge in [0, 0.05) is 5.75 Å². The molecule has 0 atom stereocenters. The van der Waals surface area contributed by atoms with Gasteiger partial charge in [-0.15, -0.1) is 11.3 Å². The summed E-state index contributed by atoms with van der Waals surface area (Å²) in [4.78, 5) is 4.63. The number of nitrogens with one attached hydrogen (secondary N) is 1. The van der Waals surface area contributed by atoms with E-state index in [-0.39, 0.29) is 9.92 Å². The van der Waals surface area contributed by atoms with Gasteiger partial charge in [0.1, 0.15) is 5.75 Å². The zero-order chi connectivity index (χ0) is 18.7. The number of aromatic nitrogens is 1. The SMILES string of the molecule is CCCSc1nc2ccc(NS(=O)(=O)c3ccc(OC)c(Cl)c3)cc2s1. The van der Waals surface area contributed by atoms with Crippen molar-refractivity contribution >= 4 is 60.6 Å². The van der Waals surface area contributed by atoms with E-state index in [1.54, 1.807) is 35.2 Å². The Morgan fingerprint density at radius 3 is 2.77 bits per heavy atom. The summed E-state index contributed by atoms with van der Waals surface area (Å²) in [7, 11) is -2.27. The normalized spacial score (nSPS) is 11.7. The van der Waals surface area contributed by atoms with E-state index in [4.69, 9.17) is 16.3 Å². The lowest BCUT2D eigenvalue weighted by Gasteiger charge is -2.10. The molecule has 2 aromatic carbocycles. The third kappa shape index (κ3) is 4.25. The fourth-order valence-electron chi connectivity index (χ4n) is 2.25. The van der Waals surface area contributed by atoms with Gasteiger partial charge in [-0.2, -0.15) is 0 Å². The van der Waals surface area contributed by atoms with Crippen molar-refractivity contribution in [3.63, 3.8) is 0 Å². The van der Waals surface area contributed by atoms with Crippen LogP contribution in [0.25, 0.3) is 10.2 Å². The number of methoxy groups -OCH3 is 1. The van der Waals surface area contributed by atoms with Crippen molar-refractivity contribution in [1.82, 2.24) is 4.98 Å². The van der Waals surface area contributed by atoms with Gasteiger partial charge in [-0.05, 0) is 42.8 Å². The number of hydrogen-bond donors (Lipinski definition) is 1. The van der Waals surface area contributed by atoms with Crippen LogP contribution < -0.4 is 9.46 Å². The van der Waals surface area contributed by atoms with Crippen LogP contribution in [0, 0.1) is 0 Å². The molecule has 1 aromatic heterocycles. The van der Waals surface area contributed by atoms with Crippen LogP contribution in [0.4, 0.5) is 5.69 Å². The molecule has 1 N–H and O–H groups in total. The minimum atomic E-state index is -3.75. The van der Waals surface area contributed by atoms with Crippen LogP contribution in [0.1, 0.15) is 13.3 Å². The predicted molar refractivity (Wildman–Crippen MR) is 109 cm³/mol. The van der Waals surface area contributed by atoms with E-state index in [0.29, 0.717) is 11.4 Å². The molecule has 0 spiro atoms. The van der Waals surface area contributed by atoms with Gasteiger partial charge >= 0.3 is 0 Å². The Kier molecular flexibility index (Phi) is 5.96. The molecule has 0 saturated heterocycles. The molecule has 0 fully saturated rings. The summed E-state index contributed by atoms with van der Waals surface area (Å²) in [5, 5.41) is 0.242. The largest absolute Gasteiger partial charge is 0.495 e. The summed E-state index contributed by atoms with van der Waals surface area (Å²) in [6.07, 6.45) is 1.08. The molecule has 0 unspecified atom stereocenters. The second kappa shape index (κ2) is 8.04. The van der Waals surface area contributed by atoms with Crippen LogP contribution in [-0.2, 0) is 10.0 Å². The van der Waals surface area contributed by atoms with E-state index in [1.165, 1.54) is 25.3 Å². The van der Waals surface area contributed by atoms with Crippen LogP contribution in [-0.4, -0.2) is 26.3 Å². The first kappa shape index (κ1) is 19.3. The summed E-state index contributed by atoms with van der Waals surface area (Å²) >= 11 is 9.30. The summed E-state index contributed by atoms with van der Waals surface area (Å²) in [6, 6.07) is 9.68. The van der Waals surface area contributed by atoms with Crippen molar-refractivity contribution < 1.29 is 13.2 Å². The van der Waals surface area contributed by atoms with E-state index < -0.39 is 10.0 Å². The van der Waals surface area contributed by atoms with Crippen LogP contribution in [0.15, 0.2) is 45.6 Å². The van der Waals surface area contributed by atoms with Crippen LogP contribution >= 0.6 is 34.7 Å². The zero-order valence-corrected chi connectivity index (χ0v) is 17.4. The molecular weight excluding hydrogens is 412 g/mol. The zero-order valence-electron chi connectivity index (χ0n) is 14.2. The molecule has 5 nitrogen and oxygen atoms in total. The maximum atomic E-state index is 12.6. The maximum Gasteiger partial charge on any atom is 0.261 e. The number of anilines is 1. The highest BCUT2D eigenvalue weighted by Crippen LogP contribution is 2.32. The Hall–Kier alpha value is -1.48. The molecule has 3 rings (SSSR count). The first-order chi connectivity index (χ1) is 12.4. The number of thiazole rings is 1. The van der Waals surface area contributed by atoms with Gasteiger partial charge in [-0.1, -0.05) is 30.3 Å². The third-order valence-electron chi connectivity index (χ3n) is 3.48. The van der Waals surface area contributed by atoms with Gasteiger partial charge in [0.2, 0.25) is 0 Å². The number of hydrogen-bond acceptors (Lipinski definition) is 6. The molecule has 0 aliphatic rings. The minimum absolute atomic E-state index is 0.0758. The molecular formula is C17H17ClN2O3S3. The maximum absolute atomic E-state index is 12.6. The standard InChI is InChI=1S/C17H17ClN2O3S3/c1-3-8-24-17-19-14-6-4-11(9-16(14)25-17)20-26(21,22)12-5-7-15(23-2)13(18)10-12/h4-7,9-10,20H,3,8H2,1-2H3. The number of ether oxygens (including phenoxy) is 1. The molecule has 1 heterocycles. The van der Waals surface area contributed by atoms with Gasteiger partial charge in [-0.25, -0.2) is 13.4 Å². The third-order valence-corrected chi connectivity index (χ3v) is 7.53. The number of nitrogens with zero attached hydrogens (tertiary/aromatic N) is 1. The number of thioether (sulfide) groups is 1. The first-order valence-corrected chi connectivity index (χ1v) is 11.5. The molecule has 138 valence electrons.